The highest BCUT2D eigenvalue weighted by molar-refractivity contribution is 7.89. The molecule has 0 saturated heterocycles. The van der Waals surface area contributed by atoms with Crippen molar-refractivity contribution in [2.45, 2.75) is 45.6 Å². The number of aromatic nitrogens is 2. The number of sulfonamides is 1. The molecule has 0 saturated carbocycles. The van der Waals surface area contributed by atoms with Crippen molar-refractivity contribution in [1.29, 1.82) is 0 Å². The van der Waals surface area contributed by atoms with E-state index in [1.165, 1.54) is 6.20 Å². The van der Waals surface area contributed by atoms with Gasteiger partial charge in [-0.15, -0.1) is 0 Å². The quantitative estimate of drug-likeness (QED) is 0.721. The lowest BCUT2D eigenvalue weighted by Crippen LogP contribution is -2.33. The molecule has 122 valence electrons. The van der Waals surface area contributed by atoms with Crippen molar-refractivity contribution < 1.29 is 8.42 Å². The van der Waals surface area contributed by atoms with Crippen LogP contribution in [0.4, 0.5) is 0 Å². The Labute approximate surface area is 128 Å². The predicted molar refractivity (Wildman–Crippen MR) is 84.3 cm³/mol. The summed E-state index contributed by atoms with van der Waals surface area (Å²) in [6.45, 7) is 10.1. The van der Waals surface area contributed by atoms with E-state index in [0.29, 0.717) is 37.4 Å². The highest BCUT2D eigenvalue weighted by Crippen LogP contribution is 2.20. The SMILES string of the molecule is CC(C)C(CNS(=O)(=O)c1cnn(CCCN)c1)C(C)C. The molecule has 0 aliphatic carbocycles. The molecular weight excluding hydrogens is 288 g/mol. The monoisotopic (exact) mass is 316 g/mol. The second-order valence-electron chi connectivity index (χ2n) is 6.09. The molecule has 1 heterocycles. The van der Waals surface area contributed by atoms with Crippen molar-refractivity contribution >= 4 is 10.0 Å². The molecule has 6 nitrogen and oxygen atoms in total. The Morgan fingerprint density at radius 3 is 2.43 bits per heavy atom. The predicted octanol–water partition coefficient (Wildman–Crippen LogP) is 1.44. The summed E-state index contributed by atoms with van der Waals surface area (Å²) in [7, 11) is -3.49. The molecule has 0 aliphatic heterocycles. The van der Waals surface area contributed by atoms with Crippen LogP contribution in [0.25, 0.3) is 0 Å². The molecule has 1 rings (SSSR count). The second-order valence-corrected chi connectivity index (χ2v) is 7.85. The molecule has 0 aromatic carbocycles. The normalized spacial score (nSPS) is 12.8. The summed E-state index contributed by atoms with van der Waals surface area (Å²) in [6.07, 6.45) is 3.72. The van der Waals surface area contributed by atoms with Gasteiger partial charge in [0.25, 0.3) is 0 Å². The van der Waals surface area contributed by atoms with Gasteiger partial charge in [-0.25, -0.2) is 13.1 Å². The van der Waals surface area contributed by atoms with E-state index in [0.717, 1.165) is 6.42 Å². The third-order valence-electron chi connectivity index (χ3n) is 3.73. The zero-order valence-corrected chi connectivity index (χ0v) is 14.2. The van der Waals surface area contributed by atoms with Crippen LogP contribution in [0.3, 0.4) is 0 Å². The Kier molecular flexibility index (Phi) is 6.83. The molecule has 7 heteroatoms. The Morgan fingerprint density at radius 2 is 1.90 bits per heavy atom. The van der Waals surface area contributed by atoms with Gasteiger partial charge >= 0.3 is 0 Å². The van der Waals surface area contributed by atoms with Gasteiger partial charge in [-0.2, -0.15) is 5.10 Å². The van der Waals surface area contributed by atoms with Crippen molar-refractivity contribution in [1.82, 2.24) is 14.5 Å². The van der Waals surface area contributed by atoms with Gasteiger partial charge < -0.3 is 5.73 Å². The summed E-state index contributed by atoms with van der Waals surface area (Å²) < 4.78 is 28.9. The Balaban J connectivity index is 2.70. The van der Waals surface area contributed by atoms with Crippen LogP contribution < -0.4 is 10.5 Å². The highest BCUT2D eigenvalue weighted by atomic mass is 32.2. The van der Waals surface area contributed by atoms with Gasteiger partial charge in [0, 0.05) is 19.3 Å². The minimum Gasteiger partial charge on any atom is -0.330 e. The van der Waals surface area contributed by atoms with Crippen molar-refractivity contribution in [2.75, 3.05) is 13.1 Å². The molecule has 1 aromatic rings. The van der Waals surface area contributed by atoms with Crippen molar-refractivity contribution in [2.24, 2.45) is 23.5 Å². The number of nitrogens with two attached hydrogens (primary N) is 1. The minimum absolute atomic E-state index is 0.214. The number of nitrogens with zero attached hydrogens (tertiary/aromatic N) is 2. The molecule has 0 amide bonds. The van der Waals surface area contributed by atoms with Crippen molar-refractivity contribution in [3.8, 4) is 0 Å². The van der Waals surface area contributed by atoms with E-state index in [2.05, 4.69) is 37.5 Å². The highest BCUT2D eigenvalue weighted by Gasteiger charge is 2.22. The molecule has 0 aliphatic rings. The average molecular weight is 316 g/mol. The van der Waals surface area contributed by atoms with E-state index in [-0.39, 0.29) is 4.90 Å². The lowest BCUT2D eigenvalue weighted by atomic mass is 9.86. The van der Waals surface area contributed by atoms with E-state index in [9.17, 15) is 8.42 Å². The number of nitrogens with one attached hydrogen (secondary N) is 1. The van der Waals surface area contributed by atoms with Gasteiger partial charge in [0.2, 0.25) is 10.0 Å². The fourth-order valence-corrected chi connectivity index (χ4v) is 3.41. The van der Waals surface area contributed by atoms with Crippen LogP contribution in [-0.4, -0.2) is 31.3 Å². The van der Waals surface area contributed by atoms with E-state index < -0.39 is 10.0 Å². The summed E-state index contributed by atoms with van der Waals surface area (Å²) in [5, 5.41) is 4.06. The number of aryl methyl sites for hydroxylation is 1. The topological polar surface area (TPSA) is 90.0 Å². The Bertz CT molecular complexity index is 515. The summed E-state index contributed by atoms with van der Waals surface area (Å²) in [6, 6.07) is 0. The maximum atomic E-state index is 12.3. The number of hydrogen-bond donors (Lipinski definition) is 2. The Hall–Kier alpha value is -0.920. The smallest absolute Gasteiger partial charge is 0.243 e. The van der Waals surface area contributed by atoms with Crippen LogP contribution in [0.15, 0.2) is 17.3 Å². The summed E-state index contributed by atoms with van der Waals surface area (Å²) in [5.74, 6) is 1.17. The minimum atomic E-state index is -3.49. The van der Waals surface area contributed by atoms with E-state index >= 15 is 0 Å². The molecule has 3 N–H and O–H groups in total. The third-order valence-corrected chi connectivity index (χ3v) is 5.11. The largest absolute Gasteiger partial charge is 0.330 e. The average Bonchev–Trinajstić information content (AvgIpc) is 2.85. The fourth-order valence-electron chi connectivity index (χ4n) is 2.39. The first-order chi connectivity index (χ1) is 9.77. The molecule has 21 heavy (non-hydrogen) atoms. The van der Waals surface area contributed by atoms with Gasteiger partial charge in [0.05, 0.1) is 6.20 Å². The molecule has 1 aromatic heterocycles. The van der Waals surface area contributed by atoms with Crippen LogP contribution in [-0.2, 0) is 16.6 Å². The van der Waals surface area contributed by atoms with E-state index in [1.54, 1.807) is 10.9 Å². The third kappa shape index (κ3) is 5.41. The van der Waals surface area contributed by atoms with Gasteiger partial charge in [0.1, 0.15) is 4.90 Å². The number of rotatable bonds is 9. The van der Waals surface area contributed by atoms with Crippen molar-refractivity contribution in [3.63, 3.8) is 0 Å². The van der Waals surface area contributed by atoms with Crippen LogP contribution >= 0.6 is 0 Å². The van der Waals surface area contributed by atoms with Crippen LogP contribution in [0.5, 0.6) is 0 Å². The van der Waals surface area contributed by atoms with Crippen LogP contribution in [0.2, 0.25) is 0 Å². The first kappa shape index (κ1) is 18.1. The zero-order valence-electron chi connectivity index (χ0n) is 13.4. The fraction of sp³-hybridized carbons (Fsp3) is 0.786. The lowest BCUT2D eigenvalue weighted by molar-refractivity contribution is 0.289. The van der Waals surface area contributed by atoms with E-state index in [4.69, 9.17) is 5.73 Å². The van der Waals surface area contributed by atoms with Gasteiger partial charge in [-0.05, 0) is 30.7 Å². The summed E-state index contributed by atoms with van der Waals surface area (Å²) in [4.78, 5) is 0.214. The van der Waals surface area contributed by atoms with E-state index in [1.807, 2.05) is 0 Å². The molecular formula is C14H28N4O2S. The first-order valence-electron chi connectivity index (χ1n) is 7.50. The molecule has 0 spiro atoms. The lowest BCUT2D eigenvalue weighted by Gasteiger charge is -2.24. The summed E-state index contributed by atoms with van der Waals surface area (Å²) >= 11 is 0. The number of hydrogen-bond acceptors (Lipinski definition) is 4. The standard InChI is InChI=1S/C14H28N4O2S/c1-11(2)14(12(3)4)9-17-21(19,20)13-8-16-18(10-13)7-5-6-15/h8,10-12,14,17H,5-7,9,15H2,1-4H3. The molecule has 0 fully saturated rings. The maximum absolute atomic E-state index is 12.3. The van der Waals surface area contributed by atoms with Gasteiger partial charge in [-0.3, -0.25) is 4.68 Å². The van der Waals surface area contributed by atoms with Crippen LogP contribution in [0, 0.1) is 17.8 Å². The molecule has 0 bridgehead atoms. The zero-order chi connectivity index (χ0) is 16.0. The molecule has 0 unspecified atom stereocenters. The van der Waals surface area contributed by atoms with Crippen LogP contribution in [0.1, 0.15) is 34.1 Å². The molecule has 0 radical (unpaired) electrons. The summed E-state index contributed by atoms with van der Waals surface area (Å²) in [5.41, 5.74) is 5.43. The molecule has 0 atom stereocenters. The van der Waals surface area contributed by atoms with Gasteiger partial charge in [-0.1, -0.05) is 27.7 Å². The first-order valence-corrected chi connectivity index (χ1v) is 8.98. The Morgan fingerprint density at radius 1 is 1.29 bits per heavy atom. The maximum Gasteiger partial charge on any atom is 0.243 e. The second kappa shape index (κ2) is 7.91. The van der Waals surface area contributed by atoms with Gasteiger partial charge in [0.15, 0.2) is 0 Å². The van der Waals surface area contributed by atoms with Crippen molar-refractivity contribution in [3.05, 3.63) is 12.4 Å².